The normalized spacial score (nSPS) is 12.1. The first-order chi connectivity index (χ1) is 8.59. The first-order valence-corrected chi connectivity index (χ1v) is 6.98. The molecule has 0 N–H and O–H groups in total. The molecule has 1 rings (SSSR count). The molecule has 0 unspecified atom stereocenters. The highest BCUT2D eigenvalue weighted by Gasteiger charge is 2.31. The number of hydrogen-bond acceptors (Lipinski definition) is 2. The molecule has 0 bridgehead atoms. The van der Waals surface area contributed by atoms with Crippen LogP contribution in [-0.4, -0.2) is 13.2 Å². The fourth-order valence-electron chi connectivity index (χ4n) is 2.20. The van der Waals surface area contributed by atoms with Crippen molar-refractivity contribution in [3.63, 3.8) is 0 Å². The van der Waals surface area contributed by atoms with E-state index in [1.807, 2.05) is 13.8 Å². The topological polar surface area (TPSA) is 18.5 Å². The monoisotopic (exact) mass is 250 g/mol. The third kappa shape index (κ3) is 3.33. The van der Waals surface area contributed by atoms with Gasteiger partial charge in [0.05, 0.1) is 0 Å². The minimum Gasteiger partial charge on any atom is -0.346 e. The average Bonchev–Trinajstić information content (AvgIpc) is 2.38. The lowest BCUT2D eigenvalue weighted by Crippen LogP contribution is -2.32. The van der Waals surface area contributed by atoms with Crippen molar-refractivity contribution >= 4 is 0 Å². The maximum absolute atomic E-state index is 5.88. The van der Waals surface area contributed by atoms with Gasteiger partial charge in [0.1, 0.15) is 0 Å². The van der Waals surface area contributed by atoms with Crippen molar-refractivity contribution in [1.82, 2.24) is 0 Å². The summed E-state index contributed by atoms with van der Waals surface area (Å²) < 4.78 is 11.8. The fraction of sp³-hybridized carbons (Fsp3) is 0.625. The molecule has 18 heavy (non-hydrogen) atoms. The standard InChI is InChI=1S/C16H26O2/c1-6-16(17-7-2,18-8-3)15-11-9-14(10-12-15)13(4)5/h9-13H,6-8H2,1-5H3. The molecular formula is C16H26O2. The van der Waals surface area contributed by atoms with Crippen LogP contribution in [-0.2, 0) is 15.3 Å². The SMILES string of the molecule is CCOC(CC)(OCC)c1ccc(C(C)C)cc1. The molecule has 2 nitrogen and oxygen atoms in total. The fourth-order valence-corrected chi connectivity index (χ4v) is 2.20. The van der Waals surface area contributed by atoms with Gasteiger partial charge in [-0.2, -0.15) is 0 Å². The molecule has 0 aliphatic rings. The van der Waals surface area contributed by atoms with Crippen molar-refractivity contribution < 1.29 is 9.47 Å². The summed E-state index contributed by atoms with van der Waals surface area (Å²) in [6, 6.07) is 8.60. The van der Waals surface area contributed by atoms with E-state index in [1.54, 1.807) is 0 Å². The van der Waals surface area contributed by atoms with Crippen molar-refractivity contribution in [3.05, 3.63) is 35.4 Å². The molecule has 102 valence electrons. The number of ether oxygens (including phenoxy) is 2. The average molecular weight is 250 g/mol. The van der Waals surface area contributed by atoms with Gasteiger partial charge in [0.2, 0.25) is 0 Å². The Hall–Kier alpha value is -0.860. The molecule has 0 aliphatic heterocycles. The largest absolute Gasteiger partial charge is 0.346 e. The Bertz CT molecular complexity index is 335. The zero-order valence-electron chi connectivity index (χ0n) is 12.3. The van der Waals surface area contributed by atoms with E-state index in [-0.39, 0.29) is 0 Å². The zero-order valence-corrected chi connectivity index (χ0v) is 12.3. The molecule has 0 amide bonds. The molecule has 0 fully saturated rings. The minimum absolute atomic E-state index is 0.550. The predicted octanol–water partition coefficient (Wildman–Crippen LogP) is 4.45. The molecule has 1 aromatic rings. The van der Waals surface area contributed by atoms with Crippen molar-refractivity contribution in [2.45, 2.75) is 52.7 Å². The van der Waals surface area contributed by atoms with E-state index < -0.39 is 5.79 Å². The Labute approximate surface area is 111 Å². The van der Waals surface area contributed by atoms with Gasteiger partial charge in [-0.05, 0) is 25.3 Å². The van der Waals surface area contributed by atoms with Gasteiger partial charge in [0, 0.05) is 25.2 Å². The summed E-state index contributed by atoms with van der Waals surface area (Å²) in [5.41, 5.74) is 2.45. The summed E-state index contributed by atoms with van der Waals surface area (Å²) in [5, 5.41) is 0. The first kappa shape index (κ1) is 15.2. The van der Waals surface area contributed by atoms with Crippen molar-refractivity contribution in [3.8, 4) is 0 Å². The minimum atomic E-state index is -0.584. The van der Waals surface area contributed by atoms with E-state index in [0.29, 0.717) is 19.1 Å². The second-order valence-corrected chi connectivity index (χ2v) is 4.75. The summed E-state index contributed by atoms with van der Waals surface area (Å²) in [5.74, 6) is -0.0341. The maximum Gasteiger partial charge on any atom is 0.194 e. The van der Waals surface area contributed by atoms with Crippen LogP contribution in [0.15, 0.2) is 24.3 Å². The summed E-state index contributed by atoms with van der Waals surface area (Å²) in [6.07, 6.45) is 0.815. The van der Waals surface area contributed by atoms with Gasteiger partial charge in [-0.1, -0.05) is 45.0 Å². The Morgan fingerprint density at radius 3 is 1.78 bits per heavy atom. The lowest BCUT2D eigenvalue weighted by molar-refractivity contribution is -0.244. The molecule has 0 saturated heterocycles. The highest BCUT2D eigenvalue weighted by molar-refractivity contribution is 5.27. The summed E-state index contributed by atoms with van der Waals surface area (Å²) in [6.45, 7) is 11.8. The van der Waals surface area contributed by atoms with E-state index in [0.717, 1.165) is 12.0 Å². The van der Waals surface area contributed by atoms with Gasteiger partial charge < -0.3 is 9.47 Å². The van der Waals surface area contributed by atoms with Crippen molar-refractivity contribution in [2.75, 3.05) is 13.2 Å². The van der Waals surface area contributed by atoms with Gasteiger partial charge in [-0.25, -0.2) is 0 Å². The van der Waals surface area contributed by atoms with Crippen molar-refractivity contribution in [1.29, 1.82) is 0 Å². The lowest BCUT2D eigenvalue weighted by atomic mass is 9.97. The molecule has 1 aromatic carbocycles. The zero-order chi connectivity index (χ0) is 13.6. The van der Waals surface area contributed by atoms with Crippen LogP contribution in [0.25, 0.3) is 0 Å². The van der Waals surface area contributed by atoms with Gasteiger partial charge in [0.15, 0.2) is 5.79 Å². The summed E-state index contributed by atoms with van der Waals surface area (Å²) in [7, 11) is 0. The van der Waals surface area contributed by atoms with E-state index in [1.165, 1.54) is 5.56 Å². The van der Waals surface area contributed by atoms with E-state index in [2.05, 4.69) is 45.0 Å². The Morgan fingerprint density at radius 1 is 0.944 bits per heavy atom. The van der Waals surface area contributed by atoms with Gasteiger partial charge in [0.25, 0.3) is 0 Å². The highest BCUT2D eigenvalue weighted by atomic mass is 16.7. The first-order valence-electron chi connectivity index (χ1n) is 6.98. The second kappa shape index (κ2) is 6.91. The molecule has 0 saturated carbocycles. The van der Waals surface area contributed by atoms with Crippen LogP contribution in [0.4, 0.5) is 0 Å². The molecule has 0 heterocycles. The Morgan fingerprint density at radius 2 is 1.44 bits per heavy atom. The van der Waals surface area contributed by atoms with Gasteiger partial charge in [-0.15, -0.1) is 0 Å². The summed E-state index contributed by atoms with van der Waals surface area (Å²) in [4.78, 5) is 0. The predicted molar refractivity (Wildman–Crippen MR) is 75.8 cm³/mol. The molecule has 0 spiro atoms. The van der Waals surface area contributed by atoms with Crippen LogP contribution in [0.3, 0.4) is 0 Å². The van der Waals surface area contributed by atoms with Crippen LogP contribution in [0.2, 0.25) is 0 Å². The second-order valence-electron chi connectivity index (χ2n) is 4.75. The van der Waals surface area contributed by atoms with Crippen LogP contribution in [0, 0.1) is 0 Å². The quantitative estimate of drug-likeness (QED) is 0.666. The smallest absolute Gasteiger partial charge is 0.194 e. The molecule has 0 aliphatic carbocycles. The van der Waals surface area contributed by atoms with Crippen LogP contribution in [0.1, 0.15) is 58.1 Å². The highest BCUT2D eigenvalue weighted by Crippen LogP contribution is 2.32. The van der Waals surface area contributed by atoms with Crippen LogP contribution in [0.5, 0.6) is 0 Å². The molecule has 0 aromatic heterocycles. The third-order valence-corrected chi connectivity index (χ3v) is 3.24. The molecule has 0 atom stereocenters. The molecule has 2 heteroatoms. The molecule has 0 radical (unpaired) electrons. The van der Waals surface area contributed by atoms with Gasteiger partial charge in [-0.3, -0.25) is 0 Å². The maximum atomic E-state index is 5.88. The van der Waals surface area contributed by atoms with Crippen LogP contribution < -0.4 is 0 Å². The molecular weight excluding hydrogens is 224 g/mol. The van der Waals surface area contributed by atoms with Gasteiger partial charge >= 0.3 is 0 Å². The Kier molecular flexibility index (Phi) is 5.83. The van der Waals surface area contributed by atoms with E-state index in [4.69, 9.17) is 9.47 Å². The van der Waals surface area contributed by atoms with Crippen LogP contribution >= 0.6 is 0 Å². The summed E-state index contributed by atoms with van der Waals surface area (Å²) >= 11 is 0. The van der Waals surface area contributed by atoms with E-state index in [9.17, 15) is 0 Å². The Balaban J connectivity index is 3.04. The number of rotatable bonds is 7. The third-order valence-electron chi connectivity index (χ3n) is 3.24. The number of hydrogen-bond donors (Lipinski definition) is 0. The number of benzene rings is 1. The lowest BCUT2D eigenvalue weighted by Gasteiger charge is -2.33. The van der Waals surface area contributed by atoms with Crippen molar-refractivity contribution in [2.24, 2.45) is 0 Å². The van der Waals surface area contributed by atoms with E-state index >= 15 is 0 Å².